The first kappa shape index (κ1) is 16.0. The van der Waals surface area contributed by atoms with Crippen molar-refractivity contribution in [1.82, 2.24) is 9.13 Å². The Hall–Kier alpha value is -2.83. The fraction of sp³-hybridized carbons (Fsp3) is 0.353. The van der Waals surface area contributed by atoms with Crippen molar-refractivity contribution in [3.05, 3.63) is 55.9 Å². The number of aryl methyl sites for hydroxylation is 3. The van der Waals surface area contributed by atoms with Crippen LogP contribution in [0, 0.1) is 13.8 Å². The van der Waals surface area contributed by atoms with Crippen molar-refractivity contribution in [1.29, 1.82) is 0 Å². The van der Waals surface area contributed by atoms with E-state index in [4.69, 9.17) is 4.74 Å². The minimum absolute atomic E-state index is 0.0712. The Kier molecular flexibility index (Phi) is 3.79. The Morgan fingerprint density at radius 3 is 2.58 bits per heavy atom. The predicted octanol–water partition coefficient (Wildman–Crippen LogP) is 0.816. The van der Waals surface area contributed by atoms with Gasteiger partial charge >= 0.3 is 5.69 Å². The van der Waals surface area contributed by atoms with E-state index < -0.39 is 17.2 Å². The maximum Gasteiger partial charge on any atom is 0.330 e. The first-order chi connectivity index (χ1) is 11.3. The van der Waals surface area contributed by atoms with Crippen molar-refractivity contribution in [2.75, 3.05) is 11.9 Å². The zero-order valence-electron chi connectivity index (χ0n) is 14.0. The molecule has 0 saturated carbocycles. The van der Waals surface area contributed by atoms with Gasteiger partial charge < -0.3 is 14.6 Å². The number of anilines is 1. The molecule has 1 aromatic heterocycles. The predicted molar refractivity (Wildman–Crippen MR) is 89.7 cm³/mol. The summed E-state index contributed by atoms with van der Waals surface area (Å²) in [5.74, 6) is -0.111. The number of aromatic nitrogens is 2. The highest BCUT2D eigenvalue weighted by molar-refractivity contribution is 5.96. The largest absolute Gasteiger partial charge is 0.492 e. The Labute approximate surface area is 138 Å². The zero-order chi connectivity index (χ0) is 17.6. The summed E-state index contributed by atoms with van der Waals surface area (Å²) in [6.07, 6.45) is 1.33. The number of hydrogen-bond donors (Lipinski definition) is 1. The van der Waals surface area contributed by atoms with Crippen LogP contribution < -0.4 is 21.3 Å². The molecule has 0 radical (unpaired) electrons. The van der Waals surface area contributed by atoms with E-state index >= 15 is 0 Å². The second-order valence-electron chi connectivity index (χ2n) is 6.13. The van der Waals surface area contributed by atoms with Crippen molar-refractivity contribution in [3.8, 4) is 5.75 Å². The lowest BCUT2D eigenvalue weighted by Gasteiger charge is -2.12. The topological polar surface area (TPSA) is 82.3 Å². The minimum Gasteiger partial charge on any atom is -0.492 e. The Morgan fingerprint density at radius 2 is 1.88 bits per heavy atom. The fourth-order valence-electron chi connectivity index (χ4n) is 2.80. The van der Waals surface area contributed by atoms with Gasteiger partial charge in [0.05, 0.1) is 0 Å². The van der Waals surface area contributed by atoms with Crippen LogP contribution in [0.1, 0.15) is 22.6 Å². The van der Waals surface area contributed by atoms with E-state index in [1.54, 1.807) is 0 Å². The summed E-state index contributed by atoms with van der Waals surface area (Å²) < 4.78 is 7.82. The Morgan fingerprint density at radius 1 is 1.21 bits per heavy atom. The molecule has 3 rings (SSSR count). The molecule has 7 heteroatoms. The molecule has 0 unspecified atom stereocenters. The molecule has 126 valence electrons. The van der Waals surface area contributed by atoms with Crippen molar-refractivity contribution in [3.63, 3.8) is 0 Å². The van der Waals surface area contributed by atoms with Crippen LogP contribution in [0.2, 0.25) is 0 Å². The van der Waals surface area contributed by atoms with Crippen LogP contribution in [0.15, 0.2) is 27.9 Å². The summed E-state index contributed by atoms with van der Waals surface area (Å²) in [7, 11) is 2.90. The highest BCUT2D eigenvalue weighted by atomic mass is 16.5. The van der Waals surface area contributed by atoms with E-state index in [-0.39, 0.29) is 18.2 Å². The Bertz CT molecular complexity index is 956. The average Bonchev–Trinajstić information content (AvgIpc) is 2.93. The molecule has 1 amide bonds. The molecule has 1 aromatic carbocycles. The van der Waals surface area contributed by atoms with Crippen LogP contribution in [0.5, 0.6) is 5.75 Å². The molecular weight excluding hydrogens is 310 g/mol. The van der Waals surface area contributed by atoms with Crippen molar-refractivity contribution >= 4 is 11.6 Å². The molecule has 0 bridgehead atoms. The number of fused-ring (bicyclic) bond motifs is 1. The third-order valence-corrected chi connectivity index (χ3v) is 4.43. The van der Waals surface area contributed by atoms with Gasteiger partial charge in [-0.1, -0.05) is 6.07 Å². The maximum atomic E-state index is 12.6. The molecule has 0 aliphatic carbocycles. The lowest BCUT2D eigenvalue weighted by molar-refractivity contribution is -0.117. The molecule has 1 N–H and O–H groups in total. The van der Waals surface area contributed by atoms with Gasteiger partial charge in [0.15, 0.2) is 0 Å². The molecule has 2 heterocycles. The molecule has 2 aromatic rings. The fourth-order valence-corrected chi connectivity index (χ4v) is 2.80. The highest BCUT2D eigenvalue weighted by Crippen LogP contribution is 2.36. The summed E-state index contributed by atoms with van der Waals surface area (Å²) in [5.41, 5.74) is 2.08. The normalized spacial score (nSPS) is 15.8. The van der Waals surface area contributed by atoms with Crippen molar-refractivity contribution in [2.45, 2.75) is 19.8 Å². The standard InChI is InChI=1S/C17H19N3O4/c1-9-5-11-12(8-24-14(11)6-10(9)2)15(21)18-13-7-19(3)17(23)20(4)16(13)22/h5-7,12H,8H2,1-4H3,(H,18,21)/t12-/m1/s1. The number of amides is 1. The Balaban J connectivity index is 1.93. The molecule has 7 nitrogen and oxygen atoms in total. The van der Waals surface area contributed by atoms with Crippen LogP contribution in [0.4, 0.5) is 5.69 Å². The van der Waals surface area contributed by atoms with Gasteiger partial charge in [-0.25, -0.2) is 4.79 Å². The van der Waals surface area contributed by atoms with E-state index in [2.05, 4.69) is 5.32 Å². The molecular formula is C17H19N3O4. The summed E-state index contributed by atoms with van der Waals surface area (Å²) >= 11 is 0. The number of nitrogens with zero attached hydrogens (tertiary/aromatic N) is 2. The number of ether oxygens (including phenoxy) is 1. The van der Waals surface area contributed by atoms with Gasteiger partial charge in [0.2, 0.25) is 5.91 Å². The quantitative estimate of drug-likeness (QED) is 0.884. The third kappa shape index (κ3) is 2.51. The number of carbonyl (C=O) groups excluding carboxylic acids is 1. The lowest BCUT2D eigenvalue weighted by atomic mass is 9.96. The number of benzene rings is 1. The van der Waals surface area contributed by atoms with Crippen LogP contribution in [-0.4, -0.2) is 21.6 Å². The second-order valence-corrected chi connectivity index (χ2v) is 6.13. The lowest BCUT2D eigenvalue weighted by Crippen LogP contribution is -2.39. The van der Waals surface area contributed by atoms with Crippen LogP contribution in [0.3, 0.4) is 0 Å². The number of hydrogen-bond acceptors (Lipinski definition) is 4. The third-order valence-electron chi connectivity index (χ3n) is 4.43. The van der Waals surface area contributed by atoms with E-state index in [1.807, 2.05) is 26.0 Å². The SMILES string of the molecule is Cc1cc2c(cc1C)[C@H](C(=O)Nc1cn(C)c(=O)n(C)c1=O)CO2. The minimum atomic E-state index is -0.536. The van der Waals surface area contributed by atoms with Gasteiger partial charge in [0.25, 0.3) is 5.56 Å². The molecule has 0 fully saturated rings. The average molecular weight is 329 g/mol. The van der Waals surface area contributed by atoms with Crippen LogP contribution in [0.25, 0.3) is 0 Å². The van der Waals surface area contributed by atoms with E-state index in [0.717, 1.165) is 21.3 Å². The highest BCUT2D eigenvalue weighted by Gasteiger charge is 2.31. The molecule has 1 aliphatic heterocycles. The monoisotopic (exact) mass is 329 g/mol. The second kappa shape index (κ2) is 5.67. The summed E-state index contributed by atoms with van der Waals surface area (Å²) in [6, 6.07) is 3.87. The summed E-state index contributed by atoms with van der Waals surface area (Å²) in [6.45, 7) is 4.20. The first-order valence-corrected chi connectivity index (χ1v) is 7.61. The van der Waals surface area contributed by atoms with Gasteiger partial charge in [0, 0.05) is 25.9 Å². The molecule has 1 atom stereocenters. The van der Waals surface area contributed by atoms with Gasteiger partial charge in [-0.15, -0.1) is 0 Å². The van der Waals surface area contributed by atoms with Gasteiger partial charge in [-0.05, 0) is 31.0 Å². The zero-order valence-corrected chi connectivity index (χ0v) is 14.0. The van der Waals surface area contributed by atoms with Crippen LogP contribution in [-0.2, 0) is 18.9 Å². The first-order valence-electron chi connectivity index (χ1n) is 7.61. The summed E-state index contributed by atoms with van der Waals surface area (Å²) in [5, 5.41) is 2.62. The van der Waals surface area contributed by atoms with Gasteiger partial charge in [-0.3, -0.25) is 14.2 Å². The van der Waals surface area contributed by atoms with Gasteiger partial charge in [-0.2, -0.15) is 0 Å². The van der Waals surface area contributed by atoms with Crippen molar-refractivity contribution in [2.24, 2.45) is 14.1 Å². The molecule has 1 aliphatic rings. The number of rotatable bonds is 2. The van der Waals surface area contributed by atoms with Crippen molar-refractivity contribution < 1.29 is 9.53 Å². The molecule has 24 heavy (non-hydrogen) atoms. The van der Waals surface area contributed by atoms with Gasteiger partial charge in [0.1, 0.15) is 24.0 Å². The molecule has 0 saturated heterocycles. The van der Waals surface area contributed by atoms with Crippen LogP contribution >= 0.6 is 0 Å². The smallest absolute Gasteiger partial charge is 0.330 e. The van der Waals surface area contributed by atoms with E-state index in [0.29, 0.717) is 5.75 Å². The molecule has 0 spiro atoms. The number of carbonyl (C=O) groups is 1. The van der Waals surface area contributed by atoms with E-state index in [1.165, 1.54) is 24.9 Å². The summed E-state index contributed by atoms with van der Waals surface area (Å²) in [4.78, 5) is 36.5. The maximum absolute atomic E-state index is 12.6. The number of nitrogens with one attached hydrogen (secondary N) is 1. The van der Waals surface area contributed by atoms with E-state index in [9.17, 15) is 14.4 Å².